The van der Waals surface area contributed by atoms with E-state index in [1.165, 1.54) is 5.73 Å². The summed E-state index contributed by atoms with van der Waals surface area (Å²) in [6.07, 6.45) is 0. The first kappa shape index (κ1) is 7.60. The van der Waals surface area contributed by atoms with E-state index in [-0.39, 0.29) is 0 Å². The van der Waals surface area contributed by atoms with Gasteiger partial charge in [-0.2, -0.15) is 13.2 Å². The van der Waals surface area contributed by atoms with E-state index in [9.17, 15) is 13.2 Å². The highest BCUT2D eigenvalue weighted by molar-refractivity contribution is 6.23. The maximum absolute atomic E-state index is 11.5. The number of alkyl halides is 3. The first-order valence-corrected chi connectivity index (χ1v) is 1.99. The fourth-order valence-electron chi connectivity index (χ4n) is 0.100. The Morgan fingerprint density at radius 3 is 2.00 bits per heavy atom. The first-order valence-electron chi connectivity index (χ1n) is 1.61. The molecule has 0 aromatic rings. The lowest BCUT2D eigenvalue weighted by Crippen LogP contribution is -2.04. The Hall–Kier alpha value is -0.400. The number of allylic oxidation sites excluding steroid dienone is 1. The van der Waals surface area contributed by atoms with E-state index in [2.05, 4.69) is 18.2 Å². The van der Waals surface area contributed by atoms with Crippen molar-refractivity contribution < 1.29 is 13.2 Å². The number of hydrogen-bond donors (Lipinski definition) is 0. The van der Waals surface area contributed by atoms with Crippen molar-refractivity contribution in [2.45, 2.75) is 5.38 Å². The van der Waals surface area contributed by atoms with Gasteiger partial charge in [0.25, 0.3) is 0 Å². The summed E-state index contributed by atoms with van der Waals surface area (Å²) in [5.74, 6) is -1.85. The Morgan fingerprint density at radius 2 is 2.00 bits per heavy atom. The minimum atomic E-state index is -3.94. The van der Waals surface area contributed by atoms with Gasteiger partial charge in [-0.15, -0.1) is 0 Å². The van der Waals surface area contributed by atoms with E-state index >= 15 is 0 Å². The van der Waals surface area contributed by atoms with Crippen molar-refractivity contribution in [2.75, 3.05) is 0 Å². The molecule has 0 saturated carbocycles. The first-order chi connectivity index (χ1) is 3.48. The average molecular weight is 143 g/mol. The molecule has 0 heterocycles. The molecule has 0 saturated heterocycles. The normalized spacial score (nSPS) is 10.5. The van der Waals surface area contributed by atoms with Crippen LogP contribution in [0.15, 0.2) is 18.1 Å². The smallest absolute Gasteiger partial charge is 0.194 e. The molecule has 0 N–H and O–H groups in total. The van der Waals surface area contributed by atoms with Gasteiger partial charge in [-0.05, 0) is 11.6 Å². The zero-order chi connectivity index (χ0) is 6.78. The molecule has 8 heavy (non-hydrogen) atoms. The second kappa shape index (κ2) is 2.25. The van der Waals surface area contributed by atoms with E-state index < -0.39 is 11.2 Å². The van der Waals surface area contributed by atoms with Crippen molar-refractivity contribution in [3.8, 4) is 0 Å². The zero-order valence-corrected chi connectivity index (χ0v) is 4.47. The van der Waals surface area contributed by atoms with Crippen LogP contribution in [0.3, 0.4) is 0 Å². The molecule has 0 spiro atoms. The minimum absolute atomic E-state index is 1.32. The second-order valence-corrected chi connectivity index (χ2v) is 1.46. The summed E-state index contributed by atoms with van der Waals surface area (Å²) >= 11 is 4.14. The molecule has 0 rings (SSSR count). The molecule has 0 aliphatic rings. The molecule has 0 atom stereocenters. The minimum Gasteiger partial charge on any atom is -0.194 e. The molecule has 0 radical (unpaired) electrons. The number of rotatable bonds is 1. The molecular weight excluding hydrogens is 140 g/mol. The number of hydrogen-bond acceptors (Lipinski definition) is 0. The molecule has 0 amide bonds. The van der Waals surface area contributed by atoms with E-state index in [0.29, 0.717) is 0 Å². The van der Waals surface area contributed by atoms with Crippen LogP contribution in [0.1, 0.15) is 0 Å². The van der Waals surface area contributed by atoms with Crippen LogP contribution in [0.2, 0.25) is 0 Å². The fraction of sp³-hybridized carbons (Fsp3) is 0.250. The van der Waals surface area contributed by atoms with Crippen LogP contribution in [0.5, 0.6) is 0 Å². The van der Waals surface area contributed by atoms with E-state index in [4.69, 9.17) is 0 Å². The van der Waals surface area contributed by atoms with Crippen LogP contribution in [0.4, 0.5) is 13.2 Å². The summed E-state index contributed by atoms with van der Waals surface area (Å²) in [5.41, 5.74) is 1.32. The van der Waals surface area contributed by atoms with Crippen molar-refractivity contribution in [2.24, 2.45) is 0 Å². The lowest BCUT2D eigenvalue weighted by atomic mass is 10.6. The molecule has 0 fully saturated rings. The van der Waals surface area contributed by atoms with Crippen molar-refractivity contribution in [3.63, 3.8) is 0 Å². The SMILES string of the molecule is C=C=C(F)C(F)(F)Cl. The lowest BCUT2D eigenvalue weighted by molar-refractivity contribution is 0.110. The van der Waals surface area contributed by atoms with Crippen LogP contribution in [0, 0.1) is 0 Å². The van der Waals surface area contributed by atoms with Gasteiger partial charge in [0.2, 0.25) is 5.83 Å². The summed E-state index contributed by atoms with van der Waals surface area (Å²) in [6.45, 7) is 2.63. The van der Waals surface area contributed by atoms with Gasteiger partial charge in [0.05, 0.1) is 0 Å². The van der Waals surface area contributed by atoms with Gasteiger partial charge >= 0.3 is 5.38 Å². The van der Waals surface area contributed by atoms with Crippen LogP contribution in [0.25, 0.3) is 0 Å². The van der Waals surface area contributed by atoms with E-state index in [1.54, 1.807) is 0 Å². The summed E-state index contributed by atoms with van der Waals surface area (Å²) < 4.78 is 34.2. The topological polar surface area (TPSA) is 0 Å². The van der Waals surface area contributed by atoms with Gasteiger partial charge in [0.1, 0.15) is 0 Å². The Morgan fingerprint density at radius 1 is 1.62 bits per heavy atom. The lowest BCUT2D eigenvalue weighted by Gasteiger charge is -1.98. The van der Waals surface area contributed by atoms with Gasteiger partial charge in [0, 0.05) is 0 Å². The monoisotopic (exact) mass is 142 g/mol. The standard InChI is InChI=1S/C4H2ClF3/c1-2-3(6)4(5,7)8/h1H2. The third kappa shape index (κ3) is 2.05. The second-order valence-electron chi connectivity index (χ2n) is 0.989. The predicted molar refractivity (Wildman–Crippen MR) is 24.6 cm³/mol. The fourth-order valence-corrected chi connectivity index (χ4v) is 0.167. The summed E-state index contributed by atoms with van der Waals surface area (Å²) in [4.78, 5) is 0. The Kier molecular flexibility index (Phi) is 2.13. The van der Waals surface area contributed by atoms with Crippen LogP contribution >= 0.6 is 11.6 Å². The maximum atomic E-state index is 11.5. The molecule has 4 heteroatoms. The third-order valence-corrected chi connectivity index (χ3v) is 0.570. The third-order valence-electron chi connectivity index (χ3n) is 0.404. The van der Waals surface area contributed by atoms with Crippen molar-refractivity contribution in [1.82, 2.24) is 0 Å². The van der Waals surface area contributed by atoms with Gasteiger partial charge in [-0.25, -0.2) is 0 Å². The van der Waals surface area contributed by atoms with E-state index in [0.717, 1.165) is 0 Å². The predicted octanol–water partition coefficient (Wildman–Crippen LogP) is 2.46. The maximum Gasteiger partial charge on any atom is 0.381 e. The van der Waals surface area contributed by atoms with Gasteiger partial charge < -0.3 is 0 Å². The summed E-state index contributed by atoms with van der Waals surface area (Å²) in [6, 6.07) is 0. The van der Waals surface area contributed by atoms with E-state index in [1.807, 2.05) is 0 Å². The quantitative estimate of drug-likeness (QED) is 0.390. The Bertz CT molecular complexity index is 129. The van der Waals surface area contributed by atoms with Gasteiger partial charge in [-0.3, -0.25) is 0 Å². The molecule has 0 aliphatic carbocycles. The van der Waals surface area contributed by atoms with Crippen molar-refractivity contribution >= 4 is 11.6 Å². The highest BCUT2D eigenvalue weighted by Crippen LogP contribution is 2.27. The molecule has 0 aromatic heterocycles. The molecular formula is C4H2ClF3. The molecule has 0 aliphatic heterocycles. The van der Waals surface area contributed by atoms with Gasteiger partial charge in [0.15, 0.2) is 0 Å². The van der Waals surface area contributed by atoms with Crippen LogP contribution in [-0.2, 0) is 0 Å². The Labute approximate surface area is 49.3 Å². The Balaban J connectivity index is 4.26. The molecule has 0 nitrogen and oxygen atoms in total. The average Bonchev–Trinajstić information content (AvgIpc) is 1.62. The molecule has 46 valence electrons. The van der Waals surface area contributed by atoms with Crippen molar-refractivity contribution in [1.29, 1.82) is 0 Å². The largest absolute Gasteiger partial charge is 0.381 e. The summed E-state index contributed by atoms with van der Waals surface area (Å²) in [7, 11) is 0. The number of halogens is 4. The van der Waals surface area contributed by atoms with Crippen LogP contribution < -0.4 is 0 Å². The highest BCUT2D eigenvalue weighted by atomic mass is 35.5. The highest BCUT2D eigenvalue weighted by Gasteiger charge is 2.31. The van der Waals surface area contributed by atoms with Crippen LogP contribution in [-0.4, -0.2) is 5.38 Å². The molecule has 0 aromatic carbocycles. The summed E-state index contributed by atoms with van der Waals surface area (Å²) in [5, 5.41) is -3.94. The van der Waals surface area contributed by atoms with Gasteiger partial charge in [-0.1, -0.05) is 12.3 Å². The zero-order valence-electron chi connectivity index (χ0n) is 3.72. The molecule has 0 unspecified atom stereocenters. The van der Waals surface area contributed by atoms with Crippen molar-refractivity contribution in [3.05, 3.63) is 18.1 Å². The molecule has 0 bridgehead atoms.